The van der Waals surface area contributed by atoms with Crippen LogP contribution in [0.3, 0.4) is 0 Å². The lowest BCUT2D eigenvalue weighted by molar-refractivity contribution is 0.0755. The highest BCUT2D eigenvalue weighted by Crippen LogP contribution is 2.16. The summed E-state index contributed by atoms with van der Waals surface area (Å²) in [5.41, 5.74) is 0.822. The van der Waals surface area contributed by atoms with E-state index in [0.717, 1.165) is 38.2 Å². The fraction of sp³-hybridized carbons (Fsp3) is 0.750. The molecule has 0 radical (unpaired) electrons. The van der Waals surface area contributed by atoms with Gasteiger partial charge in [0.25, 0.3) is 5.91 Å². The Kier molecular flexibility index (Phi) is 4.66. The van der Waals surface area contributed by atoms with Crippen molar-refractivity contribution in [1.29, 1.82) is 0 Å². The van der Waals surface area contributed by atoms with Gasteiger partial charge in [0, 0.05) is 19.1 Å². The highest BCUT2D eigenvalue weighted by molar-refractivity contribution is 7.07. The molecule has 2 heterocycles. The largest absolute Gasteiger partial charge is 0.337 e. The lowest BCUT2D eigenvalue weighted by Gasteiger charge is -2.24. The molecule has 1 unspecified atom stereocenters. The summed E-state index contributed by atoms with van der Waals surface area (Å²) >= 11 is 1.21. The normalized spacial score (nSPS) is 19.1. The monoisotopic (exact) mass is 268 g/mol. The van der Waals surface area contributed by atoms with Crippen LogP contribution in [0.4, 0.5) is 0 Å². The fourth-order valence-electron chi connectivity index (χ4n) is 2.28. The van der Waals surface area contributed by atoms with Gasteiger partial charge in [-0.15, -0.1) is 5.10 Å². The number of carbonyl (C=O) groups is 1. The number of carbonyl (C=O) groups excluding carboxylic acids is 1. The smallest absolute Gasteiger partial charge is 0.267 e. The van der Waals surface area contributed by atoms with Crippen LogP contribution < -0.4 is 5.32 Å². The lowest BCUT2D eigenvalue weighted by atomic mass is 10.2. The van der Waals surface area contributed by atoms with E-state index in [1.54, 1.807) is 0 Å². The molecule has 1 fully saturated rings. The van der Waals surface area contributed by atoms with Gasteiger partial charge < -0.3 is 10.2 Å². The zero-order chi connectivity index (χ0) is 13.0. The first-order valence-electron chi connectivity index (χ1n) is 6.60. The van der Waals surface area contributed by atoms with Gasteiger partial charge in [-0.3, -0.25) is 4.79 Å². The number of hydrogen-bond acceptors (Lipinski definition) is 5. The molecule has 1 aromatic heterocycles. The second-order valence-corrected chi connectivity index (χ2v) is 5.29. The topological polar surface area (TPSA) is 58.1 Å². The van der Waals surface area contributed by atoms with Gasteiger partial charge in [-0.2, -0.15) is 0 Å². The molecule has 0 bridgehead atoms. The second-order valence-electron chi connectivity index (χ2n) is 4.54. The average Bonchev–Trinajstić information content (AvgIpc) is 3.05. The van der Waals surface area contributed by atoms with Gasteiger partial charge in [0.1, 0.15) is 4.88 Å². The molecule has 1 atom stereocenters. The zero-order valence-electron chi connectivity index (χ0n) is 11.0. The van der Waals surface area contributed by atoms with Gasteiger partial charge in [0.2, 0.25) is 0 Å². The van der Waals surface area contributed by atoms with Crippen LogP contribution in [0.15, 0.2) is 0 Å². The van der Waals surface area contributed by atoms with E-state index in [-0.39, 0.29) is 5.91 Å². The number of rotatable bonds is 5. The molecule has 0 saturated carbocycles. The van der Waals surface area contributed by atoms with E-state index in [0.29, 0.717) is 10.9 Å². The second kappa shape index (κ2) is 6.24. The van der Waals surface area contributed by atoms with Gasteiger partial charge in [0.15, 0.2) is 0 Å². The van der Waals surface area contributed by atoms with Gasteiger partial charge in [-0.25, -0.2) is 0 Å². The molecule has 6 heteroatoms. The maximum absolute atomic E-state index is 12.4. The number of amides is 1. The van der Waals surface area contributed by atoms with Crippen molar-refractivity contribution in [3.05, 3.63) is 10.6 Å². The van der Waals surface area contributed by atoms with Crippen molar-refractivity contribution in [3.63, 3.8) is 0 Å². The Hall–Kier alpha value is -1.01. The number of likely N-dealkylation sites (N-methyl/N-ethyl adjacent to an activating group) is 1. The van der Waals surface area contributed by atoms with Crippen molar-refractivity contribution in [3.8, 4) is 0 Å². The molecule has 1 aromatic rings. The average molecular weight is 268 g/mol. The van der Waals surface area contributed by atoms with Crippen molar-refractivity contribution in [2.75, 3.05) is 19.6 Å². The fourth-order valence-corrected chi connectivity index (χ4v) is 3.00. The van der Waals surface area contributed by atoms with Crippen LogP contribution in [0.2, 0.25) is 0 Å². The van der Waals surface area contributed by atoms with E-state index < -0.39 is 0 Å². The van der Waals surface area contributed by atoms with E-state index >= 15 is 0 Å². The molecule has 0 spiro atoms. The summed E-state index contributed by atoms with van der Waals surface area (Å²) in [4.78, 5) is 15.0. The molecule has 1 aliphatic rings. The van der Waals surface area contributed by atoms with Crippen LogP contribution in [0, 0.1) is 0 Å². The predicted molar refractivity (Wildman–Crippen MR) is 71.9 cm³/mol. The van der Waals surface area contributed by atoms with Crippen LogP contribution in [0.5, 0.6) is 0 Å². The molecule has 5 nitrogen and oxygen atoms in total. The molecule has 18 heavy (non-hydrogen) atoms. The minimum absolute atomic E-state index is 0.0815. The summed E-state index contributed by atoms with van der Waals surface area (Å²) in [5.74, 6) is 0.0815. The molecule has 100 valence electrons. The third kappa shape index (κ3) is 2.87. The first kappa shape index (κ1) is 13.4. The van der Waals surface area contributed by atoms with E-state index in [4.69, 9.17) is 0 Å². The molecule has 1 N–H and O–H groups in total. The highest BCUT2D eigenvalue weighted by atomic mass is 32.1. The number of aryl methyl sites for hydroxylation is 1. The van der Waals surface area contributed by atoms with Crippen LogP contribution in [0.25, 0.3) is 0 Å². The highest BCUT2D eigenvalue weighted by Gasteiger charge is 2.24. The van der Waals surface area contributed by atoms with Crippen LogP contribution >= 0.6 is 11.5 Å². The van der Waals surface area contributed by atoms with Crippen LogP contribution in [-0.2, 0) is 6.42 Å². The molecule has 0 aromatic carbocycles. The van der Waals surface area contributed by atoms with Gasteiger partial charge >= 0.3 is 0 Å². The summed E-state index contributed by atoms with van der Waals surface area (Å²) in [6.45, 7) is 6.61. The first-order chi connectivity index (χ1) is 8.76. The Morgan fingerprint density at radius 1 is 1.56 bits per heavy atom. The van der Waals surface area contributed by atoms with E-state index in [2.05, 4.69) is 14.9 Å². The van der Waals surface area contributed by atoms with E-state index in [9.17, 15) is 4.79 Å². The van der Waals surface area contributed by atoms with Crippen molar-refractivity contribution >= 4 is 17.4 Å². The standard InChI is InChI=1S/C12H20N4OS/c1-3-10-11(18-15-14-10)12(17)16(4-2)8-9-6-5-7-13-9/h9,13H,3-8H2,1-2H3. The molecule has 1 saturated heterocycles. The third-order valence-electron chi connectivity index (χ3n) is 3.36. The molecule has 2 rings (SSSR count). The molecule has 1 amide bonds. The molecular weight excluding hydrogens is 248 g/mol. The summed E-state index contributed by atoms with van der Waals surface area (Å²) in [5, 5.41) is 7.44. The summed E-state index contributed by atoms with van der Waals surface area (Å²) < 4.78 is 3.89. The molecule has 1 aliphatic heterocycles. The Morgan fingerprint density at radius 2 is 2.39 bits per heavy atom. The van der Waals surface area contributed by atoms with Crippen LogP contribution in [-0.4, -0.2) is 46.1 Å². The summed E-state index contributed by atoms with van der Waals surface area (Å²) in [6.07, 6.45) is 3.13. The predicted octanol–water partition coefficient (Wildman–Crippen LogP) is 1.31. The Morgan fingerprint density at radius 3 is 3.00 bits per heavy atom. The van der Waals surface area contributed by atoms with Crippen molar-refractivity contribution in [2.24, 2.45) is 0 Å². The Labute approximate surface area is 112 Å². The van der Waals surface area contributed by atoms with E-state index in [1.165, 1.54) is 18.0 Å². The Bertz CT molecular complexity index is 401. The maximum atomic E-state index is 12.4. The van der Waals surface area contributed by atoms with Gasteiger partial charge in [0.05, 0.1) is 5.69 Å². The number of aromatic nitrogens is 2. The first-order valence-corrected chi connectivity index (χ1v) is 7.37. The van der Waals surface area contributed by atoms with Crippen molar-refractivity contribution in [2.45, 2.75) is 39.2 Å². The SMILES string of the molecule is CCc1nnsc1C(=O)N(CC)CC1CCCN1. The Balaban J connectivity index is 2.04. The minimum Gasteiger partial charge on any atom is -0.337 e. The van der Waals surface area contributed by atoms with Gasteiger partial charge in [-0.05, 0) is 44.3 Å². The van der Waals surface area contributed by atoms with Crippen molar-refractivity contribution < 1.29 is 4.79 Å². The summed E-state index contributed by atoms with van der Waals surface area (Å²) in [6, 6.07) is 0.444. The summed E-state index contributed by atoms with van der Waals surface area (Å²) in [7, 11) is 0. The third-order valence-corrected chi connectivity index (χ3v) is 4.11. The van der Waals surface area contributed by atoms with E-state index in [1.807, 2.05) is 18.7 Å². The number of nitrogens with one attached hydrogen (secondary N) is 1. The quantitative estimate of drug-likeness (QED) is 0.875. The molecular formula is C12H20N4OS. The van der Waals surface area contributed by atoms with Gasteiger partial charge in [-0.1, -0.05) is 11.4 Å². The van der Waals surface area contributed by atoms with Crippen LogP contribution in [0.1, 0.15) is 42.1 Å². The van der Waals surface area contributed by atoms with Crippen molar-refractivity contribution in [1.82, 2.24) is 19.8 Å². The molecule has 0 aliphatic carbocycles. The zero-order valence-corrected chi connectivity index (χ0v) is 11.8. The number of hydrogen-bond donors (Lipinski definition) is 1. The maximum Gasteiger partial charge on any atom is 0.267 e. The minimum atomic E-state index is 0.0815. The number of nitrogens with zero attached hydrogens (tertiary/aromatic N) is 3. The lowest BCUT2D eigenvalue weighted by Crippen LogP contribution is -2.41.